The standard InChI is InChI=1S/C25H23BrN2O5/c1-31-19-5-3-4-15-20(32-2)13-17(28-22(15)19)24(30)21-23(29)16-12-14(26)6-7-18(16)33-25(21)8-10-27-11-9-25/h3-7,12-13,21,27H,8-11H2,1-2H3. The molecule has 3 aromatic rings. The molecular weight excluding hydrogens is 488 g/mol. The zero-order valence-electron chi connectivity index (χ0n) is 18.3. The number of carbonyl (C=O) groups is 2. The molecule has 33 heavy (non-hydrogen) atoms. The first kappa shape index (κ1) is 21.9. The Morgan fingerprint density at radius 3 is 2.61 bits per heavy atom. The number of nitrogens with one attached hydrogen (secondary N) is 1. The van der Waals surface area contributed by atoms with Gasteiger partial charge in [0.2, 0.25) is 0 Å². The second kappa shape index (κ2) is 8.43. The number of halogens is 1. The van der Waals surface area contributed by atoms with E-state index in [9.17, 15) is 9.59 Å². The Morgan fingerprint density at radius 2 is 1.88 bits per heavy atom. The molecule has 2 aliphatic heterocycles. The van der Waals surface area contributed by atoms with Gasteiger partial charge >= 0.3 is 0 Å². The number of hydrogen-bond acceptors (Lipinski definition) is 7. The summed E-state index contributed by atoms with van der Waals surface area (Å²) in [6.45, 7) is 1.32. The van der Waals surface area contributed by atoms with Crippen molar-refractivity contribution < 1.29 is 23.8 Å². The lowest BCUT2D eigenvalue weighted by molar-refractivity contribution is -0.0140. The maximum Gasteiger partial charge on any atom is 0.196 e. The summed E-state index contributed by atoms with van der Waals surface area (Å²) >= 11 is 3.42. The summed E-state index contributed by atoms with van der Waals surface area (Å²) in [7, 11) is 3.09. The van der Waals surface area contributed by atoms with Crippen LogP contribution in [0.15, 0.2) is 46.9 Å². The molecule has 1 unspecified atom stereocenters. The molecule has 1 spiro atoms. The van der Waals surface area contributed by atoms with Crippen molar-refractivity contribution in [3.8, 4) is 17.2 Å². The number of piperidine rings is 1. The Labute approximate surface area is 199 Å². The second-order valence-electron chi connectivity index (χ2n) is 8.29. The van der Waals surface area contributed by atoms with Gasteiger partial charge in [0, 0.05) is 28.8 Å². The predicted octanol–water partition coefficient (Wildman–Crippen LogP) is 4.21. The number of pyridine rings is 1. The Balaban J connectivity index is 1.67. The minimum atomic E-state index is -1.01. The zero-order valence-corrected chi connectivity index (χ0v) is 19.9. The minimum absolute atomic E-state index is 0.155. The first-order valence-electron chi connectivity index (χ1n) is 10.8. The molecule has 0 aliphatic carbocycles. The van der Waals surface area contributed by atoms with E-state index in [4.69, 9.17) is 14.2 Å². The molecule has 1 N–H and O–H groups in total. The molecule has 2 aromatic carbocycles. The van der Waals surface area contributed by atoms with Crippen molar-refractivity contribution in [1.82, 2.24) is 10.3 Å². The molecule has 1 fully saturated rings. The summed E-state index contributed by atoms with van der Waals surface area (Å²) in [6, 6.07) is 12.4. The van der Waals surface area contributed by atoms with Gasteiger partial charge in [0.25, 0.3) is 0 Å². The van der Waals surface area contributed by atoms with Gasteiger partial charge in [0.05, 0.1) is 19.8 Å². The molecule has 3 heterocycles. The third-order valence-corrected chi connectivity index (χ3v) is 6.97. The van der Waals surface area contributed by atoms with Crippen LogP contribution in [0.5, 0.6) is 17.2 Å². The Morgan fingerprint density at radius 1 is 1.12 bits per heavy atom. The summed E-state index contributed by atoms with van der Waals surface area (Å²) < 4.78 is 18.2. The van der Waals surface area contributed by atoms with E-state index in [1.165, 1.54) is 0 Å². The molecule has 1 atom stereocenters. The van der Waals surface area contributed by atoms with Crippen LogP contribution in [0, 0.1) is 5.92 Å². The van der Waals surface area contributed by atoms with E-state index in [-0.39, 0.29) is 17.3 Å². The molecule has 8 heteroatoms. The summed E-state index contributed by atoms with van der Waals surface area (Å²) in [5.74, 6) is -0.0962. The molecule has 0 amide bonds. The maximum absolute atomic E-state index is 14.0. The molecule has 2 aliphatic rings. The molecule has 1 aromatic heterocycles. The van der Waals surface area contributed by atoms with E-state index < -0.39 is 11.5 Å². The van der Waals surface area contributed by atoms with Gasteiger partial charge in [0.1, 0.15) is 40.0 Å². The van der Waals surface area contributed by atoms with E-state index in [1.807, 2.05) is 18.2 Å². The Bertz CT molecular complexity index is 1270. The average Bonchev–Trinajstić information content (AvgIpc) is 2.84. The van der Waals surface area contributed by atoms with Crippen molar-refractivity contribution in [3.05, 3.63) is 58.2 Å². The van der Waals surface area contributed by atoms with E-state index >= 15 is 0 Å². The van der Waals surface area contributed by atoms with Gasteiger partial charge in [0.15, 0.2) is 11.6 Å². The molecule has 5 rings (SSSR count). The first-order chi connectivity index (χ1) is 16.0. The number of carbonyl (C=O) groups excluding carboxylic acids is 2. The molecule has 170 valence electrons. The van der Waals surface area contributed by atoms with Gasteiger partial charge in [-0.05, 0) is 43.4 Å². The summed E-state index contributed by atoms with van der Waals surface area (Å²) in [4.78, 5) is 32.4. The number of nitrogens with zero attached hydrogens (tertiary/aromatic N) is 1. The van der Waals surface area contributed by atoms with Gasteiger partial charge in [-0.15, -0.1) is 0 Å². The smallest absolute Gasteiger partial charge is 0.196 e. The van der Waals surface area contributed by atoms with Crippen LogP contribution >= 0.6 is 15.9 Å². The molecule has 1 saturated heterocycles. The highest BCUT2D eigenvalue weighted by molar-refractivity contribution is 9.10. The number of para-hydroxylation sites is 1. The number of benzene rings is 2. The van der Waals surface area contributed by atoms with Crippen molar-refractivity contribution in [1.29, 1.82) is 0 Å². The van der Waals surface area contributed by atoms with Crippen molar-refractivity contribution in [3.63, 3.8) is 0 Å². The highest BCUT2D eigenvalue weighted by atomic mass is 79.9. The van der Waals surface area contributed by atoms with Crippen LogP contribution in [-0.4, -0.2) is 49.5 Å². The number of rotatable bonds is 4. The SMILES string of the molecule is COc1cc(C(=O)C2C(=O)c3cc(Br)ccc3OC23CCNCC3)nc2c(OC)cccc12. The van der Waals surface area contributed by atoms with Crippen molar-refractivity contribution >= 4 is 38.4 Å². The lowest BCUT2D eigenvalue weighted by Gasteiger charge is -2.45. The molecule has 0 radical (unpaired) electrons. The number of ketones is 2. The third kappa shape index (κ3) is 3.57. The molecule has 7 nitrogen and oxygen atoms in total. The lowest BCUT2D eigenvalue weighted by atomic mass is 9.71. The van der Waals surface area contributed by atoms with E-state index in [1.54, 1.807) is 38.5 Å². The topological polar surface area (TPSA) is 86.8 Å². The second-order valence-corrected chi connectivity index (χ2v) is 9.20. The van der Waals surface area contributed by atoms with Gasteiger partial charge in [-0.25, -0.2) is 4.98 Å². The molecular formula is C25H23BrN2O5. The normalized spacial score (nSPS) is 19.1. The third-order valence-electron chi connectivity index (χ3n) is 6.48. The van der Waals surface area contributed by atoms with Crippen LogP contribution < -0.4 is 19.5 Å². The van der Waals surface area contributed by atoms with E-state index in [0.717, 1.165) is 9.86 Å². The zero-order chi connectivity index (χ0) is 23.2. The number of fused-ring (bicyclic) bond motifs is 2. The largest absolute Gasteiger partial charge is 0.496 e. The first-order valence-corrected chi connectivity index (χ1v) is 11.6. The lowest BCUT2D eigenvalue weighted by Crippen LogP contribution is -2.58. The fourth-order valence-corrected chi connectivity index (χ4v) is 5.21. The van der Waals surface area contributed by atoms with Crippen LogP contribution in [0.2, 0.25) is 0 Å². The fourth-order valence-electron chi connectivity index (χ4n) is 4.85. The summed E-state index contributed by atoms with van der Waals surface area (Å²) in [5, 5.41) is 4.03. The van der Waals surface area contributed by atoms with Crippen LogP contribution in [0.1, 0.15) is 33.7 Å². The highest BCUT2D eigenvalue weighted by Gasteiger charge is 2.54. The molecule has 0 saturated carbocycles. The predicted molar refractivity (Wildman–Crippen MR) is 127 cm³/mol. The van der Waals surface area contributed by atoms with Crippen LogP contribution in [0.3, 0.4) is 0 Å². The average molecular weight is 511 g/mol. The van der Waals surface area contributed by atoms with Crippen molar-refractivity contribution in [2.45, 2.75) is 18.4 Å². The van der Waals surface area contributed by atoms with Gasteiger partial charge in [-0.2, -0.15) is 0 Å². The van der Waals surface area contributed by atoms with Gasteiger partial charge in [-0.3, -0.25) is 9.59 Å². The van der Waals surface area contributed by atoms with E-state index in [2.05, 4.69) is 26.2 Å². The Kier molecular flexibility index (Phi) is 5.58. The number of ether oxygens (including phenoxy) is 3. The number of Topliss-reactive ketones (excluding diaryl/α,β-unsaturated/α-hetero) is 2. The summed E-state index contributed by atoms with van der Waals surface area (Å²) in [5.41, 5.74) is 0.138. The van der Waals surface area contributed by atoms with E-state index in [0.29, 0.717) is 54.3 Å². The monoisotopic (exact) mass is 510 g/mol. The number of aromatic nitrogens is 1. The van der Waals surface area contributed by atoms with Crippen LogP contribution in [0.25, 0.3) is 10.9 Å². The minimum Gasteiger partial charge on any atom is -0.496 e. The number of hydrogen-bond donors (Lipinski definition) is 1. The van der Waals surface area contributed by atoms with Crippen LogP contribution in [0.4, 0.5) is 0 Å². The maximum atomic E-state index is 14.0. The molecule has 0 bridgehead atoms. The van der Waals surface area contributed by atoms with Gasteiger partial charge < -0.3 is 19.5 Å². The van der Waals surface area contributed by atoms with Crippen LogP contribution in [-0.2, 0) is 0 Å². The number of methoxy groups -OCH3 is 2. The van der Waals surface area contributed by atoms with Gasteiger partial charge in [-0.1, -0.05) is 22.0 Å². The summed E-state index contributed by atoms with van der Waals surface area (Å²) in [6.07, 6.45) is 1.08. The Hall–Kier alpha value is -2.97. The quantitative estimate of drug-likeness (QED) is 0.415. The highest BCUT2D eigenvalue weighted by Crippen LogP contribution is 2.44. The fraction of sp³-hybridized carbons (Fsp3) is 0.320. The van der Waals surface area contributed by atoms with Crippen molar-refractivity contribution in [2.24, 2.45) is 5.92 Å². The van der Waals surface area contributed by atoms with Crippen molar-refractivity contribution in [2.75, 3.05) is 27.3 Å².